The van der Waals surface area contributed by atoms with Crippen molar-refractivity contribution in [1.82, 2.24) is 98.0 Å². The van der Waals surface area contributed by atoms with Gasteiger partial charge < -0.3 is 109 Å². The second-order valence-corrected chi connectivity index (χ2v) is 36.7. The summed E-state index contributed by atoms with van der Waals surface area (Å²) in [6, 6.07) is 40.0. The number of benzene rings is 4. The maximum atomic E-state index is 6.77. The van der Waals surface area contributed by atoms with Gasteiger partial charge in [-0.2, -0.15) is 0 Å². The molecule has 0 unspecified atom stereocenters. The lowest BCUT2D eigenvalue weighted by Crippen LogP contribution is -2.33. The van der Waals surface area contributed by atoms with E-state index in [1.54, 1.807) is 43.6 Å². The van der Waals surface area contributed by atoms with E-state index >= 15 is 0 Å². The van der Waals surface area contributed by atoms with Crippen LogP contribution in [0.4, 0.5) is 23.3 Å². The lowest BCUT2D eigenvalue weighted by atomic mass is 10.0. The van der Waals surface area contributed by atoms with Crippen LogP contribution < -0.4 is 41.9 Å². The Labute approximate surface area is 772 Å². The summed E-state index contributed by atoms with van der Waals surface area (Å²) >= 11 is 0. The number of ether oxygens (including phenoxy) is 16. The monoisotopic (exact) mass is 1830 g/mol. The summed E-state index contributed by atoms with van der Waals surface area (Å²) in [6.45, 7) is 15.5. The highest BCUT2D eigenvalue weighted by molar-refractivity contribution is 6.00. The molecule has 40 nitrogen and oxygen atoms in total. The van der Waals surface area contributed by atoms with Crippen LogP contribution in [-0.2, 0) is 56.8 Å². The molecule has 0 radical (unpaired) electrons. The minimum atomic E-state index is -0.923. The molecule has 4 aromatic carbocycles. The number of nitrogens with zero attached hydrogens (tertiary/aromatic N) is 18. The fourth-order valence-electron chi connectivity index (χ4n) is 20.3. The Balaban J connectivity index is 0.588. The Bertz CT molecular complexity index is 6660. The number of aromatic amines is 2. The van der Waals surface area contributed by atoms with E-state index < -0.39 is 121 Å². The largest absolute Gasteiger partial charge is 0.491 e. The minimum absolute atomic E-state index is 0.111. The molecule has 136 heavy (non-hydrogen) atoms. The van der Waals surface area contributed by atoms with E-state index in [-0.39, 0.29) is 49.7 Å². The van der Waals surface area contributed by atoms with Gasteiger partial charge in [0.15, 0.2) is 93.9 Å². The number of aromatic nitrogens is 20. The quantitative estimate of drug-likeness (QED) is 0.0413. The molecule has 10 aliphatic heterocycles. The van der Waals surface area contributed by atoms with Crippen molar-refractivity contribution >= 4 is 114 Å². The smallest absolute Gasteiger partial charge is 0.167 e. The topological polar surface area (TPSA) is 484 Å². The maximum Gasteiger partial charge on any atom is 0.167 e. The number of nitrogens with one attached hydrogen (secondary N) is 2. The third kappa shape index (κ3) is 14.4. The standard InChI is InChI=1S/C96H90N24O16/c1-93(2)129-73-61(125-89(77(73)133-93)117-41-109-69-81(97)101-37-105-85(69)117)33-121-49-17-9-45(10-18-49)65-53-25-27-55(113-53)66(46-11-19-50(20-12-46)122-34-62-74-78(134-94(3,4)130-74)90(126-62)118-42-110-70-82(98)102-38-106-86(70)118)57-29-31-59(115-57)68(48-15-23-52(24-16-48)124-36-64-76-80(136-96(7,8)132-76)92(128-64)120-44-112-72-84(100)104-40-108-88(72)120)60-32-30-58(116-60)67(56-28-26-54(65)114-56)47-13-21-51(22-14-47)123-35-63-75-79(135-95(5,6)131-75)91(127-63)119-43-111-71-83(99)103-39-107-87(71)119/h9-32,37-44,61-64,73-80,89-92,113,116H,33-36H2,1-8H3,(H2,97,101,105)(H2,98,102,106)(H2,99,103,107)(H2,100,104,108)/t61-,62-,63-,64-,73-,74-,75-,76-,77-,78-,79-,80-,89-,90-,91-,92-/m1/s1. The Kier molecular flexibility index (Phi) is 19.4. The highest BCUT2D eigenvalue weighted by atomic mass is 16.8. The van der Waals surface area contributed by atoms with Crippen LogP contribution in [0.15, 0.2) is 172 Å². The number of fused-ring (bicyclic) bond motifs is 16. The van der Waals surface area contributed by atoms with Gasteiger partial charge in [0.25, 0.3) is 0 Å². The molecule has 10 N–H and O–H groups in total. The van der Waals surface area contributed by atoms with Crippen LogP contribution in [0.5, 0.6) is 23.0 Å². The van der Waals surface area contributed by atoms with Crippen LogP contribution in [0.3, 0.4) is 0 Å². The number of hydrogen-bond donors (Lipinski definition) is 6. The van der Waals surface area contributed by atoms with Crippen LogP contribution >= 0.6 is 0 Å². The average molecular weight is 1840 g/mol. The highest BCUT2D eigenvalue weighted by Crippen LogP contribution is 2.51. The lowest BCUT2D eigenvalue weighted by Gasteiger charge is -2.24. The van der Waals surface area contributed by atoms with E-state index in [1.807, 2.05) is 177 Å². The fraction of sp³-hybridized carbons (Fsp3) is 0.333. The molecule has 16 atom stereocenters. The van der Waals surface area contributed by atoms with Gasteiger partial charge in [0.2, 0.25) is 0 Å². The first-order chi connectivity index (χ1) is 65.9. The van der Waals surface area contributed by atoms with Gasteiger partial charge in [0.1, 0.15) is 170 Å². The van der Waals surface area contributed by atoms with Crippen LogP contribution in [0.25, 0.3) is 136 Å². The summed E-state index contributed by atoms with van der Waals surface area (Å²) in [5.74, 6) is -0.389. The molecule has 21 heterocycles. The Morgan fingerprint density at radius 2 is 0.493 bits per heavy atom. The number of imidazole rings is 4. The van der Waals surface area contributed by atoms with Crippen molar-refractivity contribution in [2.24, 2.45) is 0 Å². The molecule has 40 heteroatoms. The molecular weight excluding hydrogens is 1750 g/mol. The number of H-pyrrole nitrogens is 2. The van der Waals surface area contributed by atoms with Crippen molar-refractivity contribution in [1.29, 1.82) is 0 Å². The molecule has 10 aliphatic rings. The van der Waals surface area contributed by atoms with E-state index in [0.717, 1.165) is 66.6 Å². The van der Waals surface area contributed by atoms with E-state index in [9.17, 15) is 0 Å². The first kappa shape index (κ1) is 83.4. The van der Waals surface area contributed by atoms with Gasteiger partial charge in [0.05, 0.1) is 48.1 Å². The molecule has 0 saturated carbocycles. The summed E-state index contributed by atoms with van der Waals surface area (Å²) in [7, 11) is 0. The van der Waals surface area contributed by atoms with Gasteiger partial charge in [0, 0.05) is 44.3 Å². The third-order valence-corrected chi connectivity index (χ3v) is 26.1. The Morgan fingerprint density at radius 3 is 0.713 bits per heavy atom. The molecule has 8 saturated heterocycles. The summed E-state index contributed by atoms with van der Waals surface area (Å²) < 4.78 is 113. The van der Waals surface area contributed by atoms with Gasteiger partial charge in [-0.25, -0.2) is 69.8 Å². The zero-order valence-electron chi connectivity index (χ0n) is 74.4. The average Bonchev–Trinajstić information content (AvgIpc) is 1.59. The molecule has 15 aromatic rings. The van der Waals surface area contributed by atoms with Crippen LogP contribution in [0.1, 0.15) is 103 Å². The highest BCUT2D eigenvalue weighted by Gasteiger charge is 2.61. The number of nitrogen functional groups attached to an aromatic ring is 4. The lowest BCUT2D eigenvalue weighted by molar-refractivity contribution is -0.199. The van der Waals surface area contributed by atoms with Crippen molar-refractivity contribution < 1.29 is 75.8 Å². The van der Waals surface area contributed by atoms with Gasteiger partial charge in [-0.05, 0) is 175 Å². The fourth-order valence-corrected chi connectivity index (χ4v) is 20.3. The molecule has 0 aliphatic carbocycles. The first-order valence-electron chi connectivity index (χ1n) is 44.7. The second-order valence-electron chi connectivity index (χ2n) is 36.7. The molecule has 11 aromatic heterocycles. The predicted molar refractivity (Wildman–Crippen MR) is 492 cm³/mol. The van der Waals surface area contributed by atoms with Crippen LogP contribution in [0, 0.1) is 0 Å². The summed E-state index contributed by atoms with van der Waals surface area (Å²) in [4.78, 5) is 72.1. The summed E-state index contributed by atoms with van der Waals surface area (Å²) in [5, 5.41) is 0. The van der Waals surface area contributed by atoms with Gasteiger partial charge in [-0.1, -0.05) is 48.5 Å². The van der Waals surface area contributed by atoms with Crippen LogP contribution in [0.2, 0.25) is 0 Å². The van der Waals surface area contributed by atoms with Crippen molar-refractivity contribution in [2.45, 2.75) is 177 Å². The zero-order valence-corrected chi connectivity index (χ0v) is 74.4. The molecule has 8 bridgehead atoms. The van der Waals surface area contributed by atoms with Crippen LogP contribution in [-0.4, -0.2) is 221 Å². The van der Waals surface area contributed by atoms with Crippen molar-refractivity contribution in [3.63, 3.8) is 0 Å². The molecule has 690 valence electrons. The maximum absolute atomic E-state index is 6.77. The molecule has 8 fully saturated rings. The predicted octanol–water partition coefficient (Wildman–Crippen LogP) is 12.2. The summed E-state index contributed by atoms with van der Waals surface area (Å²) in [6.07, 6.45) is 11.2. The minimum Gasteiger partial charge on any atom is -0.491 e. The van der Waals surface area contributed by atoms with E-state index in [2.05, 4.69) is 94.0 Å². The second kappa shape index (κ2) is 31.6. The molecule has 0 spiro atoms. The molecular formula is C96H90N24O16. The van der Waals surface area contributed by atoms with Crippen molar-refractivity contribution in [2.75, 3.05) is 49.4 Å². The number of hydrogen-bond acceptors (Lipinski definition) is 34. The van der Waals surface area contributed by atoms with Gasteiger partial charge in [-0.15, -0.1) is 0 Å². The van der Waals surface area contributed by atoms with E-state index in [0.29, 0.717) is 90.4 Å². The molecule has 0 amide bonds. The number of anilines is 4. The Morgan fingerprint density at radius 1 is 0.279 bits per heavy atom. The van der Waals surface area contributed by atoms with E-state index in [1.165, 1.54) is 25.3 Å². The van der Waals surface area contributed by atoms with Gasteiger partial charge in [-0.3, -0.25) is 18.3 Å². The van der Waals surface area contributed by atoms with Crippen molar-refractivity contribution in [3.05, 3.63) is 195 Å². The number of rotatable bonds is 20. The Hall–Kier alpha value is -14.4. The van der Waals surface area contributed by atoms with Crippen molar-refractivity contribution in [3.8, 4) is 67.5 Å². The van der Waals surface area contributed by atoms with Gasteiger partial charge >= 0.3 is 0 Å². The normalized spacial score (nSPS) is 26.3. The third-order valence-electron chi connectivity index (χ3n) is 26.1. The zero-order chi connectivity index (χ0) is 92.1. The number of nitrogens with two attached hydrogens (primary N) is 4. The first-order valence-corrected chi connectivity index (χ1v) is 44.7. The molecule has 25 rings (SSSR count). The van der Waals surface area contributed by atoms with E-state index in [4.69, 9.17) is 109 Å². The summed E-state index contributed by atoms with van der Waals surface area (Å²) in [5.41, 5.74) is 40.8. The SMILES string of the molecule is CC1(C)O[C@@H]2[C@H](O1)[C@@H](COc1ccc(-c3c4nc(c(-c5ccc(OC[C@H]6O[C@@H](n7cnc8c(N)ncnc87)[C@@H]7OC(C)(C)O[C@@H]76)cc5)c5ccc([nH]5)c(-c5ccc(OC[C@H]6O[C@@H](n7cnc8c(N)ncnc87)[C@@H]7OC(C)(C)O[C@@H]76)cc5)c5nc(c(-c6ccc(OC[C@H]7O[C@@H](n8cnc9c(N)ncnc98)[C@@H]8OC(C)(C)O[C@@H]87)cc6)c6ccc3[nH]6)C=C5)C=C4)cc1)O[C@H]2n1cnc2c(N)ncnc21.